The predicted octanol–water partition coefficient (Wildman–Crippen LogP) is 16.8. The Hall–Kier alpha value is -7.72. The highest BCUT2D eigenvalue weighted by Crippen LogP contribution is 2.49. The Bertz CT molecular complexity index is 3480. The number of rotatable bonds is 7. The van der Waals surface area contributed by atoms with Gasteiger partial charge in [-0.15, -0.1) is 11.3 Å². The maximum Gasteiger partial charge on any atom is 0.0562 e. The molecular formula is C58H38N2S. The lowest BCUT2D eigenvalue weighted by atomic mass is 9.96. The highest BCUT2D eigenvalue weighted by atomic mass is 32.1. The number of fused-ring (bicyclic) bond motifs is 7. The first-order valence-corrected chi connectivity index (χ1v) is 21.6. The molecule has 12 rings (SSSR count). The molecule has 0 saturated carbocycles. The highest BCUT2D eigenvalue weighted by molar-refractivity contribution is 7.26. The third-order valence-corrected chi connectivity index (χ3v) is 13.4. The Kier molecular flexibility index (Phi) is 8.39. The van der Waals surface area contributed by atoms with Gasteiger partial charge in [-0.25, -0.2) is 0 Å². The molecule has 10 aromatic carbocycles. The number of anilines is 3. The molecule has 2 heterocycles. The van der Waals surface area contributed by atoms with Crippen LogP contribution in [0, 0.1) is 0 Å². The normalized spacial score (nSPS) is 11.6. The number of aromatic nitrogens is 1. The number of thiophene rings is 1. The van der Waals surface area contributed by atoms with Crippen LogP contribution in [0.4, 0.5) is 17.1 Å². The zero-order valence-corrected chi connectivity index (χ0v) is 34.1. The molecule has 12 aromatic rings. The van der Waals surface area contributed by atoms with Crippen molar-refractivity contribution in [1.29, 1.82) is 0 Å². The molecule has 0 atom stereocenters. The molecule has 0 spiro atoms. The van der Waals surface area contributed by atoms with Gasteiger partial charge in [0.15, 0.2) is 0 Å². The van der Waals surface area contributed by atoms with Gasteiger partial charge in [-0.1, -0.05) is 170 Å². The Morgan fingerprint density at radius 2 is 0.918 bits per heavy atom. The Balaban J connectivity index is 1.17. The second-order valence-electron chi connectivity index (χ2n) is 15.7. The molecule has 0 amide bonds. The molecule has 2 aromatic heterocycles. The largest absolute Gasteiger partial charge is 0.310 e. The number of nitrogens with zero attached hydrogens (tertiary/aromatic N) is 2. The Morgan fingerprint density at radius 3 is 1.62 bits per heavy atom. The third kappa shape index (κ3) is 6.01. The van der Waals surface area contributed by atoms with E-state index < -0.39 is 0 Å². The van der Waals surface area contributed by atoms with Gasteiger partial charge in [-0.05, 0) is 93.7 Å². The first-order valence-electron chi connectivity index (χ1n) is 20.8. The van der Waals surface area contributed by atoms with Crippen LogP contribution >= 0.6 is 11.3 Å². The van der Waals surface area contributed by atoms with Crippen LogP contribution in [0.2, 0.25) is 0 Å². The van der Waals surface area contributed by atoms with Crippen LogP contribution in [0.15, 0.2) is 231 Å². The number of benzene rings is 10. The van der Waals surface area contributed by atoms with Gasteiger partial charge in [0.05, 0.1) is 16.7 Å². The molecule has 61 heavy (non-hydrogen) atoms. The van der Waals surface area contributed by atoms with Gasteiger partial charge in [-0.2, -0.15) is 0 Å². The molecule has 2 nitrogen and oxygen atoms in total. The lowest BCUT2D eigenvalue weighted by Gasteiger charge is -2.29. The summed E-state index contributed by atoms with van der Waals surface area (Å²) in [4.78, 5) is 2.47. The number of para-hydroxylation sites is 1. The smallest absolute Gasteiger partial charge is 0.0562 e. The van der Waals surface area contributed by atoms with E-state index in [1.165, 1.54) is 80.6 Å². The van der Waals surface area contributed by atoms with E-state index in [9.17, 15) is 0 Å². The first kappa shape index (κ1) is 35.2. The summed E-state index contributed by atoms with van der Waals surface area (Å²) in [6.07, 6.45) is 0. The summed E-state index contributed by atoms with van der Waals surface area (Å²) in [5, 5.41) is 7.49. The van der Waals surface area contributed by atoms with Crippen LogP contribution in [0.3, 0.4) is 0 Å². The fraction of sp³-hybridized carbons (Fsp3) is 0. The molecule has 286 valence electrons. The van der Waals surface area contributed by atoms with Gasteiger partial charge >= 0.3 is 0 Å². The minimum Gasteiger partial charge on any atom is -0.310 e. The molecule has 0 aliphatic rings. The summed E-state index contributed by atoms with van der Waals surface area (Å²) in [5.41, 5.74) is 14.0. The van der Waals surface area contributed by atoms with Crippen molar-refractivity contribution >= 4 is 81.1 Å². The van der Waals surface area contributed by atoms with Crippen LogP contribution in [0.5, 0.6) is 0 Å². The van der Waals surface area contributed by atoms with E-state index in [1.54, 1.807) is 0 Å². The minimum absolute atomic E-state index is 1.09. The molecule has 0 N–H and O–H groups in total. The van der Waals surface area contributed by atoms with E-state index in [2.05, 4.69) is 240 Å². The van der Waals surface area contributed by atoms with Crippen molar-refractivity contribution in [2.75, 3.05) is 4.90 Å². The van der Waals surface area contributed by atoms with Gasteiger partial charge in [-0.3, -0.25) is 0 Å². The van der Waals surface area contributed by atoms with Crippen molar-refractivity contribution in [3.05, 3.63) is 231 Å². The topological polar surface area (TPSA) is 8.17 Å². The van der Waals surface area contributed by atoms with E-state index >= 15 is 0 Å². The summed E-state index contributed by atoms with van der Waals surface area (Å²) in [6, 6.07) is 84.3. The van der Waals surface area contributed by atoms with Gasteiger partial charge in [0.2, 0.25) is 0 Å². The second-order valence-corrected chi connectivity index (χ2v) is 16.8. The second kappa shape index (κ2) is 14.5. The SMILES string of the molecule is c1ccc(-c2ccc(N(c3ccc(-c4ccccc4)cc3)c3cc4c(cc3-c3cccc5c3sc3ccccc35)c3ccccc3n4-c3ccc4ccccc4c3)cc2)cc1. The average Bonchev–Trinajstić information content (AvgIpc) is 3.88. The zero-order valence-electron chi connectivity index (χ0n) is 33.2. The fourth-order valence-corrected chi connectivity index (χ4v) is 10.5. The number of hydrogen-bond donors (Lipinski definition) is 0. The van der Waals surface area contributed by atoms with Crippen LogP contribution in [-0.4, -0.2) is 4.57 Å². The van der Waals surface area contributed by atoms with Crippen LogP contribution in [-0.2, 0) is 0 Å². The van der Waals surface area contributed by atoms with Crippen molar-refractivity contribution in [2.24, 2.45) is 0 Å². The summed E-state index contributed by atoms with van der Waals surface area (Å²) in [6.45, 7) is 0. The fourth-order valence-electron chi connectivity index (χ4n) is 9.25. The molecule has 0 aliphatic carbocycles. The molecule has 0 fully saturated rings. The summed E-state index contributed by atoms with van der Waals surface area (Å²) < 4.78 is 5.05. The minimum atomic E-state index is 1.09. The quantitative estimate of drug-likeness (QED) is 0.156. The molecule has 0 radical (unpaired) electrons. The van der Waals surface area contributed by atoms with E-state index in [1.807, 2.05) is 11.3 Å². The monoisotopic (exact) mass is 794 g/mol. The zero-order chi connectivity index (χ0) is 40.3. The van der Waals surface area contributed by atoms with Crippen molar-refractivity contribution in [1.82, 2.24) is 4.57 Å². The first-order chi connectivity index (χ1) is 30.2. The van der Waals surface area contributed by atoms with E-state index in [0.29, 0.717) is 0 Å². The number of hydrogen-bond acceptors (Lipinski definition) is 2. The van der Waals surface area contributed by atoms with Crippen LogP contribution < -0.4 is 4.90 Å². The highest BCUT2D eigenvalue weighted by Gasteiger charge is 2.24. The van der Waals surface area contributed by atoms with Gasteiger partial charge in [0.25, 0.3) is 0 Å². The standard InChI is InChI=1S/C58H38N2S/c1-3-14-39(15-4-1)42-26-31-45(32-27-42)59(46-33-28-43(29-34-46)40-16-5-2-6-17-40)55-38-56-52(37-53(55)51-23-13-22-50-49-21-10-12-25-57(49)61-58(50)51)48-20-9-11-24-54(48)60(56)47-35-30-41-18-7-8-19-44(41)36-47/h1-38H. The molecule has 0 unspecified atom stereocenters. The Labute approximate surface area is 358 Å². The van der Waals surface area contributed by atoms with Crippen molar-refractivity contribution in [2.45, 2.75) is 0 Å². The van der Waals surface area contributed by atoms with Crippen LogP contribution in [0.25, 0.3) is 91.8 Å². The van der Waals surface area contributed by atoms with Crippen molar-refractivity contribution in [3.8, 4) is 39.1 Å². The molecular weight excluding hydrogens is 757 g/mol. The van der Waals surface area contributed by atoms with Crippen LogP contribution in [0.1, 0.15) is 0 Å². The van der Waals surface area contributed by atoms with Crippen molar-refractivity contribution < 1.29 is 0 Å². The molecule has 0 bridgehead atoms. The van der Waals surface area contributed by atoms with Crippen molar-refractivity contribution in [3.63, 3.8) is 0 Å². The summed E-state index contributed by atoms with van der Waals surface area (Å²) >= 11 is 1.88. The van der Waals surface area contributed by atoms with Gasteiger partial charge < -0.3 is 9.47 Å². The van der Waals surface area contributed by atoms with E-state index in [0.717, 1.165) is 28.3 Å². The average molecular weight is 795 g/mol. The third-order valence-electron chi connectivity index (χ3n) is 12.2. The van der Waals surface area contributed by atoms with Gasteiger partial charge in [0, 0.05) is 59.1 Å². The van der Waals surface area contributed by atoms with E-state index in [4.69, 9.17) is 0 Å². The Morgan fingerprint density at radius 1 is 0.344 bits per heavy atom. The summed E-state index contributed by atoms with van der Waals surface area (Å²) in [7, 11) is 0. The van der Waals surface area contributed by atoms with Gasteiger partial charge in [0.1, 0.15) is 0 Å². The van der Waals surface area contributed by atoms with E-state index in [-0.39, 0.29) is 0 Å². The molecule has 0 saturated heterocycles. The maximum atomic E-state index is 2.47. The maximum absolute atomic E-state index is 2.47. The summed E-state index contributed by atoms with van der Waals surface area (Å²) in [5.74, 6) is 0. The molecule has 3 heteroatoms. The molecule has 0 aliphatic heterocycles. The lowest BCUT2D eigenvalue weighted by molar-refractivity contribution is 1.18. The lowest BCUT2D eigenvalue weighted by Crippen LogP contribution is -2.11. The predicted molar refractivity (Wildman–Crippen MR) is 262 cm³/mol.